The van der Waals surface area contributed by atoms with Crippen molar-refractivity contribution in [3.8, 4) is 11.1 Å². The summed E-state index contributed by atoms with van der Waals surface area (Å²) in [5.74, 6) is 0.968. The molecule has 1 heterocycles. The zero-order valence-electron chi connectivity index (χ0n) is 13.2. The van der Waals surface area contributed by atoms with E-state index in [9.17, 15) is 0 Å². The van der Waals surface area contributed by atoms with Gasteiger partial charge in [0.1, 0.15) is 5.76 Å². The average molecular weight is 308 g/mol. The number of benzene rings is 3. The Bertz CT molecular complexity index is 1060. The third-order valence-corrected chi connectivity index (χ3v) is 4.81. The van der Waals surface area contributed by atoms with Crippen LogP contribution in [0.15, 0.2) is 83.5 Å². The summed E-state index contributed by atoms with van der Waals surface area (Å²) in [6, 6.07) is 25.7. The normalized spacial score (nSPS) is 13.1. The van der Waals surface area contributed by atoms with E-state index in [4.69, 9.17) is 4.42 Å². The summed E-state index contributed by atoms with van der Waals surface area (Å²) in [6.07, 6.45) is 4.96. The van der Waals surface area contributed by atoms with Crippen molar-refractivity contribution in [1.82, 2.24) is 0 Å². The lowest BCUT2D eigenvalue weighted by atomic mass is 9.93. The molecule has 0 bridgehead atoms. The highest BCUT2D eigenvalue weighted by Gasteiger charge is 2.19. The predicted octanol–water partition coefficient (Wildman–Crippen LogP) is 6.20. The van der Waals surface area contributed by atoms with Gasteiger partial charge in [-0.3, -0.25) is 0 Å². The third kappa shape index (κ3) is 2.02. The summed E-state index contributed by atoms with van der Waals surface area (Å²) in [4.78, 5) is 0. The standard InChI is InChI=1S/C23H16O/c1-2-9-19-16(6-1)7-3-10-20(19)21-11-4-8-17-14-18(15-22(17)21)23-12-5-13-24-23/h1-13,15H,14H2. The Morgan fingerprint density at radius 1 is 0.708 bits per heavy atom. The minimum atomic E-state index is 0.932. The Labute approximate surface area is 140 Å². The highest BCUT2D eigenvalue weighted by molar-refractivity contribution is 6.01. The molecular weight excluding hydrogens is 292 g/mol. The van der Waals surface area contributed by atoms with E-state index in [1.54, 1.807) is 6.26 Å². The second-order valence-corrected chi connectivity index (χ2v) is 6.23. The first kappa shape index (κ1) is 13.4. The number of fused-ring (bicyclic) bond motifs is 2. The summed E-state index contributed by atoms with van der Waals surface area (Å²) < 4.78 is 5.60. The van der Waals surface area contributed by atoms with Crippen LogP contribution in [0.3, 0.4) is 0 Å². The molecule has 0 saturated heterocycles. The molecule has 3 aromatic carbocycles. The van der Waals surface area contributed by atoms with Gasteiger partial charge in [0.15, 0.2) is 0 Å². The molecule has 5 rings (SSSR count). The molecule has 1 aliphatic carbocycles. The Hall–Kier alpha value is -3.06. The van der Waals surface area contributed by atoms with Crippen LogP contribution in [-0.4, -0.2) is 0 Å². The van der Waals surface area contributed by atoms with E-state index in [1.165, 1.54) is 38.6 Å². The molecule has 0 saturated carbocycles. The van der Waals surface area contributed by atoms with Crippen LogP contribution in [0.4, 0.5) is 0 Å². The lowest BCUT2D eigenvalue weighted by molar-refractivity contribution is 0.552. The summed E-state index contributed by atoms with van der Waals surface area (Å²) in [6.45, 7) is 0. The van der Waals surface area contributed by atoms with Gasteiger partial charge in [0, 0.05) is 6.42 Å². The molecular formula is C23H16O. The van der Waals surface area contributed by atoms with Crippen LogP contribution in [0.2, 0.25) is 0 Å². The van der Waals surface area contributed by atoms with Gasteiger partial charge in [-0.1, -0.05) is 60.7 Å². The van der Waals surface area contributed by atoms with Crippen molar-refractivity contribution < 1.29 is 4.42 Å². The van der Waals surface area contributed by atoms with Crippen molar-refractivity contribution in [2.75, 3.05) is 0 Å². The number of hydrogen-bond donors (Lipinski definition) is 0. The first-order valence-electron chi connectivity index (χ1n) is 8.25. The Morgan fingerprint density at radius 2 is 1.54 bits per heavy atom. The van der Waals surface area contributed by atoms with Gasteiger partial charge < -0.3 is 4.42 Å². The van der Waals surface area contributed by atoms with Crippen LogP contribution >= 0.6 is 0 Å². The SMILES string of the molecule is C1=C(c2ccco2)Cc2cccc(-c3cccc4ccccc34)c21. The summed E-state index contributed by atoms with van der Waals surface area (Å²) in [7, 11) is 0. The number of furan rings is 1. The molecule has 1 aromatic heterocycles. The maximum absolute atomic E-state index is 5.60. The smallest absolute Gasteiger partial charge is 0.130 e. The molecule has 0 N–H and O–H groups in total. The molecule has 0 aliphatic heterocycles. The molecule has 0 unspecified atom stereocenters. The van der Waals surface area contributed by atoms with Crippen molar-refractivity contribution in [3.05, 3.63) is 95.9 Å². The minimum Gasteiger partial charge on any atom is -0.465 e. The maximum atomic E-state index is 5.60. The summed E-state index contributed by atoms with van der Waals surface area (Å²) in [5.41, 5.74) is 6.53. The van der Waals surface area contributed by atoms with E-state index in [1.807, 2.05) is 12.1 Å². The Balaban J connectivity index is 1.73. The molecule has 114 valence electrons. The molecule has 0 fully saturated rings. The van der Waals surface area contributed by atoms with Crippen LogP contribution in [0.1, 0.15) is 16.9 Å². The van der Waals surface area contributed by atoms with Crippen molar-refractivity contribution in [2.45, 2.75) is 6.42 Å². The maximum Gasteiger partial charge on any atom is 0.130 e. The topological polar surface area (TPSA) is 13.1 Å². The second kappa shape index (κ2) is 5.24. The molecule has 1 aliphatic rings. The quantitative estimate of drug-likeness (QED) is 0.430. The molecule has 0 amide bonds. The van der Waals surface area contributed by atoms with E-state index in [0.29, 0.717) is 0 Å². The van der Waals surface area contributed by atoms with E-state index >= 15 is 0 Å². The van der Waals surface area contributed by atoms with E-state index in [0.717, 1.165) is 12.2 Å². The zero-order chi connectivity index (χ0) is 15.9. The van der Waals surface area contributed by atoms with Crippen LogP contribution in [0.5, 0.6) is 0 Å². The van der Waals surface area contributed by atoms with Gasteiger partial charge in [0.25, 0.3) is 0 Å². The van der Waals surface area contributed by atoms with Crippen LogP contribution in [-0.2, 0) is 6.42 Å². The second-order valence-electron chi connectivity index (χ2n) is 6.23. The highest BCUT2D eigenvalue weighted by atomic mass is 16.3. The minimum absolute atomic E-state index is 0.932. The van der Waals surface area contributed by atoms with Crippen molar-refractivity contribution >= 4 is 22.4 Å². The molecule has 4 aromatic rings. The fourth-order valence-electron chi connectivity index (χ4n) is 3.68. The summed E-state index contributed by atoms with van der Waals surface area (Å²) >= 11 is 0. The molecule has 24 heavy (non-hydrogen) atoms. The van der Waals surface area contributed by atoms with Crippen molar-refractivity contribution in [2.24, 2.45) is 0 Å². The Kier molecular flexibility index (Phi) is 2.92. The largest absolute Gasteiger partial charge is 0.465 e. The van der Waals surface area contributed by atoms with Crippen molar-refractivity contribution in [1.29, 1.82) is 0 Å². The van der Waals surface area contributed by atoms with E-state index in [2.05, 4.69) is 66.7 Å². The van der Waals surface area contributed by atoms with Gasteiger partial charge in [-0.05, 0) is 56.8 Å². The summed E-state index contributed by atoms with van der Waals surface area (Å²) in [5, 5.41) is 2.58. The van der Waals surface area contributed by atoms with E-state index < -0.39 is 0 Å². The van der Waals surface area contributed by atoms with Gasteiger partial charge in [-0.25, -0.2) is 0 Å². The predicted molar refractivity (Wildman–Crippen MR) is 99.7 cm³/mol. The molecule has 0 atom stereocenters. The zero-order valence-corrected chi connectivity index (χ0v) is 13.2. The van der Waals surface area contributed by atoms with Crippen LogP contribution in [0, 0.1) is 0 Å². The van der Waals surface area contributed by atoms with Gasteiger partial charge in [-0.2, -0.15) is 0 Å². The Morgan fingerprint density at radius 3 is 2.46 bits per heavy atom. The highest BCUT2D eigenvalue weighted by Crippen LogP contribution is 2.39. The first-order valence-corrected chi connectivity index (χ1v) is 8.25. The molecule has 1 nitrogen and oxygen atoms in total. The number of hydrogen-bond acceptors (Lipinski definition) is 1. The lowest BCUT2D eigenvalue weighted by Gasteiger charge is -2.11. The molecule has 1 heteroatoms. The fraction of sp³-hybridized carbons (Fsp3) is 0.0435. The van der Waals surface area contributed by atoms with Gasteiger partial charge >= 0.3 is 0 Å². The first-order chi connectivity index (χ1) is 11.9. The molecule has 0 spiro atoms. The third-order valence-electron chi connectivity index (χ3n) is 4.81. The van der Waals surface area contributed by atoms with Gasteiger partial charge in [0.2, 0.25) is 0 Å². The lowest BCUT2D eigenvalue weighted by Crippen LogP contribution is -1.88. The number of rotatable bonds is 2. The average Bonchev–Trinajstić information content (AvgIpc) is 3.30. The fourth-order valence-corrected chi connectivity index (χ4v) is 3.68. The van der Waals surface area contributed by atoms with Crippen LogP contribution in [0.25, 0.3) is 33.5 Å². The van der Waals surface area contributed by atoms with Gasteiger partial charge in [0.05, 0.1) is 6.26 Å². The monoisotopic (exact) mass is 308 g/mol. The van der Waals surface area contributed by atoms with Crippen LogP contribution < -0.4 is 0 Å². The van der Waals surface area contributed by atoms with Gasteiger partial charge in [-0.15, -0.1) is 0 Å². The van der Waals surface area contributed by atoms with Crippen molar-refractivity contribution in [3.63, 3.8) is 0 Å². The van der Waals surface area contributed by atoms with E-state index in [-0.39, 0.29) is 0 Å². The molecule has 0 radical (unpaired) electrons. The number of allylic oxidation sites excluding steroid dienone is 1.